The third-order valence-electron chi connectivity index (χ3n) is 3.77. The Kier molecular flexibility index (Phi) is 4.44. The molecule has 1 aliphatic heterocycles. The molecule has 2 N–H and O–H groups in total. The summed E-state index contributed by atoms with van der Waals surface area (Å²) < 4.78 is 5.41. The Bertz CT molecular complexity index is 384. The Hall–Kier alpha value is -1.26. The van der Waals surface area contributed by atoms with Gasteiger partial charge >= 0.3 is 0 Å². The van der Waals surface area contributed by atoms with Crippen LogP contribution in [0.5, 0.6) is 5.75 Å². The van der Waals surface area contributed by atoms with Gasteiger partial charge < -0.3 is 20.1 Å². The number of anilines is 1. The second-order valence-electron chi connectivity index (χ2n) is 4.78. The van der Waals surface area contributed by atoms with Crippen LogP contribution in [0.25, 0.3) is 0 Å². The Morgan fingerprint density at radius 1 is 1.39 bits per heavy atom. The van der Waals surface area contributed by atoms with Crippen molar-refractivity contribution in [1.29, 1.82) is 0 Å². The lowest BCUT2D eigenvalue weighted by Crippen LogP contribution is -2.38. The van der Waals surface area contributed by atoms with E-state index in [1.165, 1.54) is 0 Å². The molecule has 2 rings (SSSR count). The normalized spacial score (nSPS) is 23.1. The number of benzene rings is 1. The molecular weight excluding hydrogens is 228 g/mol. The van der Waals surface area contributed by atoms with E-state index in [2.05, 4.69) is 23.3 Å². The van der Waals surface area contributed by atoms with Crippen LogP contribution in [-0.2, 0) is 0 Å². The maximum atomic E-state index is 9.13. The first-order chi connectivity index (χ1) is 8.77. The summed E-state index contributed by atoms with van der Waals surface area (Å²) in [5.41, 5.74) is 1.11. The van der Waals surface area contributed by atoms with Gasteiger partial charge in [0.05, 0.1) is 12.8 Å². The number of rotatable bonds is 5. The highest BCUT2D eigenvalue weighted by Gasteiger charge is 2.30. The smallest absolute Gasteiger partial charge is 0.142 e. The molecule has 0 amide bonds. The highest BCUT2D eigenvalue weighted by atomic mass is 16.5. The van der Waals surface area contributed by atoms with Crippen molar-refractivity contribution < 1.29 is 9.84 Å². The molecule has 0 aliphatic carbocycles. The molecule has 2 unspecified atom stereocenters. The van der Waals surface area contributed by atoms with E-state index in [1.54, 1.807) is 7.11 Å². The fourth-order valence-electron chi connectivity index (χ4n) is 2.73. The molecule has 1 aliphatic rings. The predicted octanol–water partition coefficient (Wildman–Crippen LogP) is 1.10. The molecule has 0 aromatic heterocycles. The first-order valence-corrected chi connectivity index (χ1v) is 6.45. The minimum atomic E-state index is 0.253. The lowest BCUT2D eigenvalue weighted by atomic mass is 9.98. The number of likely N-dealkylation sites (N-methyl/N-ethyl adjacent to an activating group) is 1. The first kappa shape index (κ1) is 13.2. The SMILES string of the molecule is COc1ccccc1N(C)C1CNCC1CCO. The van der Waals surface area contributed by atoms with E-state index in [0.717, 1.165) is 30.9 Å². The van der Waals surface area contributed by atoms with Crippen molar-refractivity contribution in [1.82, 2.24) is 5.32 Å². The van der Waals surface area contributed by atoms with Gasteiger partial charge in [0.15, 0.2) is 0 Å². The molecule has 0 spiro atoms. The van der Waals surface area contributed by atoms with Crippen molar-refractivity contribution in [2.75, 3.05) is 38.8 Å². The van der Waals surface area contributed by atoms with Gasteiger partial charge in [-0.1, -0.05) is 12.1 Å². The summed E-state index contributed by atoms with van der Waals surface area (Å²) in [6, 6.07) is 8.47. The standard InChI is InChI=1S/C14H22N2O2/c1-16(12-5-3-4-6-14(12)18-2)13-10-15-9-11(13)7-8-17/h3-6,11,13,15,17H,7-10H2,1-2H3. The van der Waals surface area contributed by atoms with Gasteiger partial charge in [-0.15, -0.1) is 0 Å². The number of para-hydroxylation sites is 2. The van der Waals surface area contributed by atoms with Gasteiger partial charge in [-0.3, -0.25) is 0 Å². The van der Waals surface area contributed by atoms with E-state index in [4.69, 9.17) is 9.84 Å². The third-order valence-corrected chi connectivity index (χ3v) is 3.77. The summed E-state index contributed by atoms with van der Waals surface area (Å²) in [6.45, 7) is 2.19. The van der Waals surface area contributed by atoms with Gasteiger partial charge in [0.1, 0.15) is 5.75 Å². The number of methoxy groups -OCH3 is 1. The van der Waals surface area contributed by atoms with E-state index in [9.17, 15) is 0 Å². The molecule has 0 bridgehead atoms. The van der Waals surface area contributed by atoms with Crippen molar-refractivity contribution in [3.8, 4) is 5.75 Å². The summed E-state index contributed by atoms with van der Waals surface area (Å²) in [5, 5.41) is 12.5. The minimum absolute atomic E-state index is 0.253. The number of nitrogens with one attached hydrogen (secondary N) is 1. The molecule has 4 heteroatoms. The van der Waals surface area contributed by atoms with Crippen LogP contribution in [-0.4, -0.2) is 45.0 Å². The van der Waals surface area contributed by atoms with Gasteiger partial charge in [0.2, 0.25) is 0 Å². The lowest BCUT2D eigenvalue weighted by Gasteiger charge is -2.31. The van der Waals surface area contributed by atoms with Crippen molar-refractivity contribution in [2.45, 2.75) is 12.5 Å². The number of hydrogen-bond donors (Lipinski definition) is 2. The summed E-state index contributed by atoms with van der Waals surface area (Å²) in [6.07, 6.45) is 0.844. The van der Waals surface area contributed by atoms with Crippen LogP contribution >= 0.6 is 0 Å². The van der Waals surface area contributed by atoms with Crippen LogP contribution in [0, 0.1) is 5.92 Å². The van der Waals surface area contributed by atoms with Crippen molar-refractivity contribution >= 4 is 5.69 Å². The fraction of sp³-hybridized carbons (Fsp3) is 0.571. The van der Waals surface area contributed by atoms with Crippen LogP contribution < -0.4 is 15.0 Å². The summed E-state index contributed by atoms with van der Waals surface area (Å²) in [5.74, 6) is 1.39. The molecule has 4 nitrogen and oxygen atoms in total. The average Bonchev–Trinajstić information content (AvgIpc) is 2.86. The molecule has 1 heterocycles. The van der Waals surface area contributed by atoms with Crippen molar-refractivity contribution in [3.05, 3.63) is 24.3 Å². The largest absolute Gasteiger partial charge is 0.495 e. The lowest BCUT2D eigenvalue weighted by molar-refractivity contribution is 0.255. The van der Waals surface area contributed by atoms with Crippen molar-refractivity contribution in [3.63, 3.8) is 0 Å². The zero-order valence-electron chi connectivity index (χ0n) is 11.1. The number of aliphatic hydroxyl groups excluding tert-OH is 1. The number of ether oxygens (including phenoxy) is 1. The number of nitrogens with zero attached hydrogens (tertiary/aromatic N) is 1. The van der Waals surface area contributed by atoms with Crippen LogP contribution in [0.2, 0.25) is 0 Å². The maximum absolute atomic E-state index is 9.13. The highest BCUT2D eigenvalue weighted by Crippen LogP contribution is 2.31. The Labute approximate surface area is 109 Å². The molecule has 100 valence electrons. The Morgan fingerprint density at radius 3 is 2.89 bits per heavy atom. The topological polar surface area (TPSA) is 44.7 Å². The fourth-order valence-corrected chi connectivity index (χ4v) is 2.73. The first-order valence-electron chi connectivity index (χ1n) is 6.45. The summed E-state index contributed by atoms with van der Waals surface area (Å²) in [4.78, 5) is 2.26. The van der Waals surface area contributed by atoms with Gasteiger partial charge in [-0.2, -0.15) is 0 Å². The van der Waals surface area contributed by atoms with E-state index in [0.29, 0.717) is 12.0 Å². The average molecular weight is 250 g/mol. The molecule has 0 radical (unpaired) electrons. The quantitative estimate of drug-likeness (QED) is 0.821. The van der Waals surface area contributed by atoms with Gasteiger partial charge in [0.25, 0.3) is 0 Å². The molecule has 18 heavy (non-hydrogen) atoms. The molecule has 2 atom stereocenters. The molecular formula is C14H22N2O2. The van der Waals surface area contributed by atoms with Crippen LogP contribution in [0.4, 0.5) is 5.69 Å². The minimum Gasteiger partial charge on any atom is -0.495 e. The molecule has 0 saturated carbocycles. The van der Waals surface area contributed by atoms with E-state index < -0.39 is 0 Å². The molecule has 1 aromatic rings. The second kappa shape index (κ2) is 6.07. The second-order valence-corrected chi connectivity index (χ2v) is 4.78. The zero-order valence-corrected chi connectivity index (χ0v) is 11.1. The van der Waals surface area contributed by atoms with E-state index in [-0.39, 0.29) is 6.61 Å². The van der Waals surface area contributed by atoms with Gasteiger partial charge in [-0.05, 0) is 24.5 Å². The molecule has 1 saturated heterocycles. The van der Waals surface area contributed by atoms with Crippen molar-refractivity contribution in [2.24, 2.45) is 5.92 Å². The van der Waals surface area contributed by atoms with E-state index >= 15 is 0 Å². The zero-order chi connectivity index (χ0) is 13.0. The summed E-state index contributed by atoms with van der Waals surface area (Å²) >= 11 is 0. The van der Waals surface area contributed by atoms with E-state index in [1.807, 2.05) is 18.2 Å². The molecule has 1 fully saturated rings. The molecule has 1 aromatic carbocycles. The van der Waals surface area contributed by atoms with Gasteiger partial charge in [-0.25, -0.2) is 0 Å². The predicted molar refractivity (Wildman–Crippen MR) is 73.2 cm³/mol. The third kappa shape index (κ3) is 2.60. The highest BCUT2D eigenvalue weighted by molar-refractivity contribution is 5.58. The van der Waals surface area contributed by atoms with Crippen LogP contribution in [0.15, 0.2) is 24.3 Å². The van der Waals surface area contributed by atoms with Crippen LogP contribution in [0.3, 0.4) is 0 Å². The van der Waals surface area contributed by atoms with Crippen LogP contribution in [0.1, 0.15) is 6.42 Å². The number of hydrogen-bond acceptors (Lipinski definition) is 4. The monoisotopic (exact) mass is 250 g/mol. The maximum Gasteiger partial charge on any atom is 0.142 e. The number of aliphatic hydroxyl groups is 1. The Morgan fingerprint density at radius 2 is 2.17 bits per heavy atom. The summed E-state index contributed by atoms with van der Waals surface area (Å²) in [7, 11) is 3.80. The van der Waals surface area contributed by atoms with Gasteiger partial charge in [0, 0.05) is 32.8 Å². The Balaban J connectivity index is 2.17.